The molecule has 1 fully saturated rings. The lowest BCUT2D eigenvalue weighted by Crippen LogP contribution is -2.49. The van der Waals surface area contributed by atoms with Gasteiger partial charge < -0.3 is 4.90 Å². The number of halogens is 1. The van der Waals surface area contributed by atoms with Crippen LogP contribution < -0.4 is 0 Å². The van der Waals surface area contributed by atoms with Crippen molar-refractivity contribution in [2.75, 3.05) is 26.2 Å². The lowest BCUT2D eigenvalue weighted by atomic mass is 10.2. The molecule has 2 aromatic rings. The molecule has 1 amide bonds. The third kappa shape index (κ3) is 3.83. The summed E-state index contributed by atoms with van der Waals surface area (Å²) in [5, 5.41) is 4.76. The second-order valence-electron chi connectivity index (χ2n) is 5.87. The van der Waals surface area contributed by atoms with E-state index >= 15 is 0 Å². The Labute approximate surface area is 145 Å². The molecule has 0 spiro atoms. The Balaban J connectivity index is 1.55. The number of benzene rings is 1. The van der Waals surface area contributed by atoms with Gasteiger partial charge in [-0.25, -0.2) is 4.79 Å². The van der Waals surface area contributed by atoms with Crippen LogP contribution >= 0.6 is 11.6 Å². The average Bonchev–Trinajstić information content (AvgIpc) is 3.07. The number of carbonyl (C=O) groups excluding carboxylic acids is 2. The second-order valence-corrected chi connectivity index (χ2v) is 6.31. The van der Waals surface area contributed by atoms with Crippen LogP contribution in [0.3, 0.4) is 0 Å². The third-order valence-corrected chi connectivity index (χ3v) is 4.36. The van der Waals surface area contributed by atoms with Gasteiger partial charge in [0, 0.05) is 50.9 Å². The van der Waals surface area contributed by atoms with E-state index in [4.69, 9.17) is 11.6 Å². The molecule has 1 saturated heterocycles. The maximum Gasteiger partial charge on any atom is 0.344 e. The fourth-order valence-corrected chi connectivity index (χ4v) is 2.83. The minimum Gasteiger partial charge on any atom is -0.320 e. The van der Waals surface area contributed by atoms with Gasteiger partial charge in [-0.2, -0.15) is 9.78 Å². The first-order valence-electron chi connectivity index (χ1n) is 7.85. The summed E-state index contributed by atoms with van der Waals surface area (Å²) in [7, 11) is 0. The molecule has 6 nitrogen and oxygen atoms in total. The number of Topliss-reactive ketones (excluding diaryl/α,β-unsaturated/α-hetero) is 1. The van der Waals surface area contributed by atoms with E-state index in [9.17, 15) is 9.59 Å². The topological polar surface area (TPSA) is 58.4 Å². The Kier molecular flexibility index (Phi) is 4.97. The van der Waals surface area contributed by atoms with Gasteiger partial charge in [-0.3, -0.25) is 9.69 Å². The molecule has 126 valence electrons. The monoisotopic (exact) mass is 346 g/mol. The number of aromatic nitrogens is 2. The van der Waals surface area contributed by atoms with Crippen molar-refractivity contribution in [1.29, 1.82) is 0 Å². The zero-order valence-corrected chi connectivity index (χ0v) is 14.2. The number of rotatable bonds is 3. The Hall–Kier alpha value is -2.18. The van der Waals surface area contributed by atoms with Crippen molar-refractivity contribution in [1.82, 2.24) is 19.6 Å². The molecule has 1 aliphatic rings. The van der Waals surface area contributed by atoms with E-state index in [1.54, 1.807) is 17.2 Å². The van der Waals surface area contributed by atoms with Crippen LogP contribution in [0.5, 0.6) is 0 Å². The largest absolute Gasteiger partial charge is 0.344 e. The highest BCUT2D eigenvalue weighted by atomic mass is 35.5. The summed E-state index contributed by atoms with van der Waals surface area (Å²) < 4.78 is 1.24. The number of nitrogens with zero attached hydrogens (tertiary/aromatic N) is 4. The van der Waals surface area contributed by atoms with E-state index in [1.165, 1.54) is 17.2 Å². The number of carbonyl (C=O) groups is 2. The number of ketones is 1. The fraction of sp³-hybridized carbons (Fsp3) is 0.353. The van der Waals surface area contributed by atoms with Crippen LogP contribution in [0.1, 0.15) is 23.0 Å². The summed E-state index contributed by atoms with van der Waals surface area (Å²) in [6.45, 7) is 5.16. The first-order chi connectivity index (χ1) is 11.5. The number of piperazine rings is 1. The average molecular weight is 347 g/mol. The minimum atomic E-state index is -0.186. The molecule has 3 rings (SSSR count). The zero-order valence-electron chi connectivity index (χ0n) is 13.5. The van der Waals surface area contributed by atoms with Crippen molar-refractivity contribution in [2.45, 2.75) is 13.5 Å². The van der Waals surface area contributed by atoms with E-state index in [2.05, 4.69) is 10.00 Å². The number of amides is 1. The molecule has 0 N–H and O–H groups in total. The number of hydrogen-bond acceptors (Lipinski definition) is 4. The molecule has 0 atom stereocenters. The second kappa shape index (κ2) is 7.15. The van der Waals surface area contributed by atoms with E-state index < -0.39 is 0 Å². The lowest BCUT2D eigenvalue weighted by Gasteiger charge is -2.34. The summed E-state index contributed by atoms with van der Waals surface area (Å²) in [4.78, 5) is 27.8. The maximum absolute atomic E-state index is 12.4. The highest BCUT2D eigenvalue weighted by molar-refractivity contribution is 6.30. The van der Waals surface area contributed by atoms with Gasteiger partial charge in [0.25, 0.3) is 0 Å². The van der Waals surface area contributed by atoms with Crippen molar-refractivity contribution >= 4 is 23.4 Å². The zero-order chi connectivity index (χ0) is 17.1. The SMILES string of the molecule is CC(=O)c1ccn(C(=O)N2CCN(Cc3ccc(Cl)cc3)CC2)n1. The van der Waals surface area contributed by atoms with E-state index in [-0.39, 0.29) is 11.8 Å². The Morgan fingerprint density at radius 2 is 1.75 bits per heavy atom. The van der Waals surface area contributed by atoms with Crippen molar-refractivity contribution < 1.29 is 9.59 Å². The summed E-state index contributed by atoms with van der Waals surface area (Å²) in [5.41, 5.74) is 1.52. The van der Waals surface area contributed by atoms with Crippen LogP contribution in [0.4, 0.5) is 4.79 Å². The normalized spacial score (nSPS) is 15.5. The van der Waals surface area contributed by atoms with Gasteiger partial charge >= 0.3 is 6.03 Å². The molecular formula is C17H19ClN4O2. The predicted octanol–water partition coefficient (Wildman–Crippen LogP) is 2.53. The van der Waals surface area contributed by atoms with Crippen molar-refractivity contribution in [3.63, 3.8) is 0 Å². The first-order valence-corrected chi connectivity index (χ1v) is 8.23. The van der Waals surface area contributed by atoms with Crippen LogP contribution in [-0.2, 0) is 6.54 Å². The Morgan fingerprint density at radius 3 is 2.33 bits per heavy atom. The molecule has 2 heterocycles. The molecule has 0 aliphatic carbocycles. The molecule has 0 saturated carbocycles. The standard InChI is InChI=1S/C17H19ClN4O2/c1-13(23)16-6-7-22(19-16)17(24)21-10-8-20(9-11-21)12-14-2-4-15(18)5-3-14/h2-7H,8-12H2,1H3. The van der Waals surface area contributed by atoms with E-state index in [1.807, 2.05) is 24.3 Å². The van der Waals surface area contributed by atoms with Gasteiger partial charge in [0.1, 0.15) is 5.69 Å². The molecule has 1 aromatic heterocycles. The smallest absolute Gasteiger partial charge is 0.320 e. The van der Waals surface area contributed by atoms with Crippen molar-refractivity contribution in [2.24, 2.45) is 0 Å². The molecule has 7 heteroatoms. The van der Waals surface area contributed by atoms with Gasteiger partial charge in [-0.1, -0.05) is 23.7 Å². The van der Waals surface area contributed by atoms with Crippen molar-refractivity contribution in [3.8, 4) is 0 Å². The van der Waals surface area contributed by atoms with E-state index in [0.29, 0.717) is 18.8 Å². The van der Waals surface area contributed by atoms with Crippen LogP contribution in [0.15, 0.2) is 36.5 Å². The summed E-state index contributed by atoms with van der Waals surface area (Å²) in [6.07, 6.45) is 1.54. The summed E-state index contributed by atoms with van der Waals surface area (Å²) >= 11 is 5.90. The maximum atomic E-state index is 12.4. The van der Waals surface area contributed by atoms with Gasteiger partial charge in [0.05, 0.1) is 0 Å². The highest BCUT2D eigenvalue weighted by Gasteiger charge is 2.23. The molecule has 0 unspecified atom stereocenters. The third-order valence-electron chi connectivity index (χ3n) is 4.11. The van der Waals surface area contributed by atoms with Crippen LogP contribution in [0.25, 0.3) is 0 Å². The molecule has 24 heavy (non-hydrogen) atoms. The molecular weight excluding hydrogens is 328 g/mol. The first kappa shape index (κ1) is 16.7. The number of hydrogen-bond donors (Lipinski definition) is 0. The van der Waals surface area contributed by atoms with Gasteiger partial charge in [0.2, 0.25) is 0 Å². The minimum absolute atomic E-state index is 0.144. The predicted molar refractivity (Wildman–Crippen MR) is 91.3 cm³/mol. The fourth-order valence-electron chi connectivity index (χ4n) is 2.71. The highest BCUT2D eigenvalue weighted by Crippen LogP contribution is 2.13. The molecule has 0 radical (unpaired) electrons. The van der Waals surface area contributed by atoms with Gasteiger partial charge in [-0.15, -0.1) is 0 Å². The molecule has 1 aliphatic heterocycles. The van der Waals surface area contributed by atoms with Gasteiger partial charge in [0.15, 0.2) is 5.78 Å². The van der Waals surface area contributed by atoms with Crippen LogP contribution in [0.2, 0.25) is 5.02 Å². The van der Waals surface area contributed by atoms with Crippen LogP contribution in [-0.4, -0.2) is 57.6 Å². The van der Waals surface area contributed by atoms with Crippen LogP contribution in [0, 0.1) is 0 Å². The quantitative estimate of drug-likeness (QED) is 0.801. The molecule has 0 bridgehead atoms. The van der Waals surface area contributed by atoms with Crippen molar-refractivity contribution in [3.05, 3.63) is 52.8 Å². The van der Waals surface area contributed by atoms with Gasteiger partial charge in [-0.05, 0) is 23.8 Å². The van der Waals surface area contributed by atoms with E-state index in [0.717, 1.165) is 24.7 Å². The summed E-state index contributed by atoms with van der Waals surface area (Å²) in [5.74, 6) is -0.144. The Bertz CT molecular complexity index is 733. The summed E-state index contributed by atoms with van der Waals surface area (Å²) in [6, 6.07) is 9.20. The lowest BCUT2D eigenvalue weighted by molar-refractivity contribution is 0.101. The molecule has 1 aromatic carbocycles. The Morgan fingerprint density at radius 1 is 1.08 bits per heavy atom.